The second-order valence-electron chi connectivity index (χ2n) is 6.00. The largest absolute Gasteiger partial charge is 0.387 e. The van der Waals surface area contributed by atoms with Crippen LogP contribution in [0.1, 0.15) is 26.2 Å². The van der Waals surface area contributed by atoms with Gasteiger partial charge in [0.1, 0.15) is 12.7 Å². The summed E-state index contributed by atoms with van der Waals surface area (Å²) >= 11 is 5.99. The molecule has 20 heavy (non-hydrogen) atoms. The monoisotopic (exact) mass is 293 g/mol. The van der Waals surface area contributed by atoms with Crippen LogP contribution in [0.3, 0.4) is 0 Å². The van der Waals surface area contributed by atoms with Crippen LogP contribution >= 0.6 is 11.6 Å². The molecule has 1 aromatic heterocycles. The molecular weight excluding hydrogens is 274 g/mol. The Morgan fingerprint density at radius 2 is 2.35 bits per heavy atom. The molecular formula is C15H20ClN3O. The third-order valence-corrected chi connectivity index (χ3v) is 4.98. The molecule has 3 unspecified atom stereocenters. The molecule has 0 spiro atoms. The Morgan fingerprint density at radius 1 is 1.55 bits per heavy atom. The number of allylic oxidation sites excluding steroid dienone is 3. The van der Waals surface area contributed by atoms with Crippen LogP contribution in [0.2, 0.25) is 0 Å². The standard InChI is InChI=1S/C15H20ClN3O/c1-11(12-2-3-12)15(20,8-19-10-17-9-18-19)13-4-6-14(16)7-5-13/h4,6-7,9-13,20H,2-3,5,8H2,1H3. The van der Waals surface area contributed by atoms with Crippen LogP contribution in [0.15, 0.2) is 35.9 Å². The van der Waals surface area contributed by atoms with Crippen molar-refractivity contribution in [3.05, 3.63) is 35.9 Å². The first-order chi connectivity index (χ1) is 9.59. The van der Waals surface area contributed by atoms with Crippen molar-refractivity contribution in [2.45, 2.75) is 38.3 Å². The Balaban J connectivity index is 1.84. The fourth-order valence-corrected chi connectivity index (χ4v) is 3.30. The van der Waals surface area contributed by atoms with Gasteiger partial charge < -0.3 is 5.11 Å². The first-order valence-corrected chi connectivity index (χ1v) is 7.56. The normalized spacial score (nSPS) is 26.9. The van der Waals surface area contributed by atoms with E-state index < -0.39 is 5.60 Å². The van der Waals surface area contributed by atoms with Crippen molar-refractivity contribution in [3.63, 3.8) is 0 Å². The topological polar surface area (TPSA) is 50.9 Å². The van der Waals surface area contributed by atoms with Gasteiger partial charge >= 0.3 is 0 Å². The van der Waals surface area contributed by atoms with E-state index in [1.165, 1.54) is 19.2 Å². The molecule has 4 nitrogen and oxygen atoms in total. The second-order valence-corrected chi connectivity index (χ2v) is 6.44. The van der Waals surface area contributed by atoms with E-state index >= 15 is 0 Å². The minimum absolute atomic E-state index is 0.0739. The van der Waals surface area contributed by atoms with E-state index in [2.05, 4.69) is 17.0 Å². The van der Waals surface area contributed by atoms with Gasteiger partial charge in [-0.2, -0.15) is 5.10 Å². The van der Waals surface area contributed by atoms with E-state index in [1.54, 1.807) is 11.0 Å². The Bertz CT molecular complexity index is 521. The molecule has 2 aliphatic rings. The van der Waals surface area contributed by atoms with Gasteiger partial charge in [0.15, 0.2) is 0 Å². The zero-order valence-electron chi connectivity index (χ0n) is 11.6. The van der Waals surface area contributed by atoms with Gasteiger partial charge in [0.25, 0.3) is 0 Å². The Labute approximate surface area is 124 Å². The molecule has 5 heteroatoms. The van der Waals surface area contributed by atoms with Gasteiger partial charge in [-0.25, -0.2) is 4.98 Å². The van der Waals surface area contributed by atoms with Crippen molar-refractivity contribution in [1.29, 1.82) is 0 Å². The molecule has 1 aromatic rings. The number of rotatable bonds is 5. The fourth-order valence-electron chi connectivity index (χ4n) is 3.14. The number of aliphatic hydroxyl groups is 1. The first-order valence-electron chi connectivity index (χ1n) is 7.18. The average molecular weight is 294 g/mol. The van der Waals surface area contributed by atoms with Crippen LogP contribution in [-0.4, -0.2) is 25.5 Å². The molecule has 3 rings (SSSR count). The van der Waals surface area contributed by atoms with Crippen molar-refractivity contribution < 1.29 is 5.11 Å². The SMILES string of the molecule is CC(C1CC1)C(O)(Cn1cncn1)C1C=CC(Cl)=CC1. The molecule has 0 radical (unpaired) electrons. The zero-order chi connectivity index (χ0) is 14.2. The molecule has 1 fully saturated rings. The number of aromatic nitrogens is 3. The Morgan fingerprint density at radius 3 is 2.90 bits per heavy atom. The molecule has 0 aromatic carbocycles. The summed E-state index contributed by atoms with van der Waals surface area (Å²) in [4.78, 5) is 3.97. The molecule has 1 saturated carbocycles. The number of nitrogens with zero attached hydrogens (tertiary/aromatic N) is 3. The highest BCUT2D eigenvalue weighted by Gasteiger charge is 2.47. The van der Waals surface area contributed by atoms with Crippen LogP contribution in [0.25, 0.3) is 0 Å². The second kappa shape index (κ2) is 5.34. The highest BCUT2D eigenvalue weighted by molar-refractivity contribution is 6.31. The molecule has 0 bridgehead atoms. The summed E-state index contributed by atoms with van der Waals surface area (Å²) in [7, 11) is 0. The van der Waals surface area contributed by atoms with Crippen LogP contribution < -0.4 is 0 Å². The van der Waals surface area contributed by atoms with E-state index in [-0.39, 0.29) is 11.8 Å². The quantitative estimate of drug-likeness (QED) is 0.908. The molecule has 0 aliphatic heterocycles. The first kappa shape index (κ1) is 13.8. The lowest BCUT2D eigenvalue weighted by molar-refractivity contribution is -0.0719. The lowest BCUT2D eigenvalue weighted by atomic mass is 9.73. The number of hydrogen-bond acceptors (Lipinski definition) is 3. The summed E-state index contributed by atoms with van der Waals surface area (Å²) in [5, 5.41) is 16.3. The van der Waals surface area contributed by atoms with E-state index in [0.717, 1.165) is 11.5 Å². The van der Waals surface area contributed by atoms with E-state index in [0.29, 0.717) is 12.5 Å². The van der Waals surface area contributed by atoms with Crippen molar-refractivity contribution in [3.8, 4) is 0 Å². The summed E-state index contributed by atoms with van der Waals surface area (Å²) in [6.07, 6.45) is 12.3. The predicted octanol–water partition coefficient (Wildman–Crippen LogP) is 2.75. The number of hydrogen-bond donors (Lipinski definition) is 1. The number of halogens is 1. The summed E-state index contributed by atoms with van der Waals surface area (Å²) in [6.45, 7) is 2.63. The molecule has 2 aliphatic carbocycles. The maximum atomic E-state index is 11.4. The summed E-state index contributed by atoms with van der Waals surface area (Å²) in [6, 6.07) is 0. The van der Waals surface area contributed by atoms with Gasteiger partial charge in [0.2, 0.25) is 0 Å². The van der Waals surface area contributed by atoms with Crippen LogP contribution in [-0.2, 0) is 6.54 Å². The lowest BCUT2D eigenvalue weighted by Crippen LogP contribution is -2.48. The molecule has 1 heterocycles. The minimum atomic E-state index is -0.806. The van der Waals surface area contributed by atoms with Gasteiger partial charge in [0.05, 0.1) is 12.1 Å². The van der Waals surface area contributed by atoms with Gasteiger partial charge in [-0.05, 0) is 37.2 Å². The van der Waals surface area contributed by atoms with Gasteiger partial charge in [0, 0.05) is 11.0 Å². The lowest BCUT2D eigenvalue weighted by Gasteiger charge is -2.40. The fraction of sp³-hybridized carbons (Fsp3) is 0.600. The molecule has 0 saturated heterocycles. The highest BCUT2D eigenvalue weighted by atomic mass is 35.5. The zero-order valence-corrected chi connectivity index (χ0v) is 12.4. The van der Waals surface area contributed by atoms with Crippen molar-refractivity contribution in [2.75, 3.05) is 0 Å². The van der Waals surface area contributed by atoms with E-state index in [4.69, 9.17) is 11.6 Å². The molecule has 0 amide bonds. The summed E-state index contributed by atoms with van der Waals surface area (Å²) in [5.74, 6) is 0.940. The van der Waals surface area contributed by atoms with Crippen molar-refractivity contribution in [1.82, 2.24) is 14.8 Å². The van der Waals surface area contributed by atoms with Crippen LogP contribution in [0.5, 0.6) is 0 Å². The smallest absolute Gasteiger partial charge is 0.137 e. The average Bonchev–Trinajstić information content (AvgIpc) is 3.17. The molecule has 3 atom stereocenters. The molecule has 108 valence electrons. The third-order valence-electron chi connectivity index (χ3n) is 4.70. The van der Waals surface area contributed by atoms with Crippen molar-refractivity contribution in [2.24, 2.45) is 17.8 Å². The highest BCUT2D eigenvalue weighted by Crippen LogP contribution is 2.46. The Hall–Kier alpha value is -1.13. The minimum Gasteiger partial charge on any atom is -0.387 e. The van der Waals surface area contributed by atoms with Crippen LogP contribution in [0, 0.1) is 17.8 Å². The molecule has 1 N–H and O–H groups in total. The predicted molar refractivity (Wildman–Crippen MR) is 78.0 cm³/mol. The third kappa shape index (κ3) is 2.67. The van der Waals surface area contributed by atoms with Gasteiger partial charge in [-0.1, -0.05) is 30.7 Å². The van der Waals surface area contributed by atoms with Gasteiger partial charge in [-0.3, -0.25) is 4.68 Å². The maximum Gasteiger partial charge on any atom is 0.137 e. The Kier molecular flexibility index (Phi) is 3.69. The van der Waals surface area contributed by atoms with Gasteiger partial charge in [-0.15, -0.1) is 0 Å². The van der Waals surface area contributed by atoms with Crippen molar-refractivity contribution >= 4 is 11.6 Å². The van der Waals surface area contributed by atoms with Crippen LogP contribution in [0.4, 0.5) is 0 Å². The summed E-state index contributed by atoms with van der Waals surface area (Å²) < 4.78 is 1.73. The van der Waals surface area contributed by atoms with E-state index in [1.807, 2.05) is 18.2 Å². The maximum absolute atomic E-state index is 11.4. The van der Waals surface area contributed by atoms with E-state index in [9.17, 15) is 5.11 Å². The summed E-state index contributed by atoms with van der Waals surface area (Å²) in [5.41, 5.74) is -0.806.